The van der Waals surface area contributed by atoms with E-state index in [1.54, 1.807) is 0 Å². The van der Waals surface area contributed by atoms with Gasteiger partial charge in [-0.05, 0) is 78.9 Å². The van der Waals surface area contributed by atoms with Crippen LogP contribution in [0.2, 0.25) is 0 Å². The van der Waals surface area contributed by atoms with E-state index in [1.165, 1.54) is 55.2 Å². The molecule has 0 aliphatic carbocycles. The molecular formula is C33H28N2O. The van der Waals surface area contributed by atoms with E-state index in [4.69, 9.17) is 4.42 Å². The summed E-state index contributed by atoms with van der Waals surface area (Å²) in [5.41, 5.74) is 11.6. The van der Waals surface area contributed by atoms with Gasteiger partial charge in [0, 0.05) is 22.0 Å². The summed E-state index contributed by atoms with van der Waals surface area (Å²) in [6.07, 6.45) is -0.0960. The van der Waals surface area contributed by atoms with Crippen LogP contribution < -0.4 is 10.2 Å². The summed E-state index contributed by atoms with van der Waals surface area (Å²) >= 11 is 0. The lowest BCUT2D eigenvalue weighted by molar-refractivity contribution is 0.655. The SMILES string of the molecule is Cc1ccc2c(c1)oc1c(C3Nc4cc5ccccc5cc4N3c3c(C)cccc3C)ccc(C)c12. The normalized spacial score (nSPS) is 15.1. The summed E-state index contributed by atoms with van der Waals surface area (Å²) in [5, 5.41) is 8.73. The quantitative estimate of drug-likeness (QED) is 0.274. The van der Waals surface area contributed by atoms with Crippen LogP contribution in [0.1, 0.15) is 34.0 Å². The topological polar surface area (TPSA) is 28.4 Å². The zero-order valence-electron chi connectivity index (χ0n) is 21.0. The molecule has 3 nitrogen and oxygen atoms in total. The van der Waals surface area contributed by atoms with Crippen LogP contribution in [0.3, 0.4) is 0 Å². The Morgan fingerprint density at radius 3 is 2.25 bits per heavy atom. The number of fused-ring (bicyclic) bond motifs is 5. The molecule has 0 saturated heterocycles. The number of furan rings is 1. The van der Waals surface area contributed by atoms with E-state index in [-0.39, 0.29) is 6.17 Å². The fraction of sp³-hybridized carbons (Fsp3) is 0.152. The Morgan fingerprint density at radius 2 is 1.47 bits per heavy atom. The molecule has 0 amide bonds. The van der Waals surface area contributed by atoms with Crippen LogP contribution in [0.5, 0.6) is 0 Å². The van der Waals surface area contributed by atoms with Crippen LogP contribution in [0.15, 0.2) is 89.3 Å². The number of nitrogens with zero attached hydrogens (tertiary/aromatic N) is 1. The van der Waals surface area contributed by atoms with E-state index in [2.05, 4.69) is 123 Å². The highest BCUT2D eigenvalue weighted by molar-refractivity contribution is 6.08. The van der Waals surface area contributed by atoms with Crippen molar-refractivity contribution in [1.29, 1.82) is 0 Å². The third-order valence-electron chi connectivity index (χ3n) is 7.66. The van der Waals surface area contributed by atoms with Crippen molar-refractivity contribution < 1.29 is 4.42 Å². The van der Waals surface area contributed by atoms with Gasteiger partial charge in [0.15, 0.2) is 0 Å². The zero-order chi connectivity index (χ0) is 24.6. The molecule has 0 bridgehead atoms. The molecule has 1 N–H and O–H groups in total. The molecule has 1 aliphatic rings. The first-order valence-electron chi connectivity index (χ1n) is 12.6. The van der Waals surface area contributed by atoms with Gasteiger partial charge in [-0.25, -0.2) is 0 Å². The smallest absolute Gasteiger partial charge is 0.142 e. The van der Waals surface area contributed by atoms with Crippen LogP contribution in [0.4, 0.5) is 17.1 Å². The molecule has 0 radical (unpaired) electrons. The van der Waals surface area contributed by atoms with Gasteiger partial charge in [0.25, 0.3) is 0 Å². The van der Waals surface area contributed by atoms with Crippen molar-refractivity contribution in [3.63, 3.8) is 0 Å². The average Bonchev–Trinajstić information content (AvgIpc) is 3.41. The molecule has 176 valence electrons. The minimum absolute atomic E-state index is 0.0960. The van der Waals surface area contributed by atoms with Gasteiger partial charge in [0.1, 0.15) is 17.3 Å². The number of para-hydroxylation sites is 1. The number of nitrogens with one attached hydrogen (secondary N) is 1. The summed E-state index contributed by atoms with van der Waals surface area (Å²) in [6, 6.07) is 30.7. The van der Waals surface area contributed by atoms with Crippen LogP contribution in [-0.2, 0) is 0 Å². The Balaban J connectivity index is 1.53. The standard InChI is InChI=1S/C33H28N2O/c1-19-12-14-25-29(16-19)36-32-26(15-13-20(2)30(25)32)33-34-27-17-23-10-5-6-11-24(23)18-28(27)35(33)31-21(3)8-7-9-22(31)4/h5-18,33-34H,1-4H3. The van der Waals surface area contributed by atoms with E-state index in [0.29, 0.717) is 0 Å². The minimum Gasteiger partial charge on any atom is -0.456 e. The third kappa shape index (κ3) is 2.99. The highest BCUT2D eigenvalue weighted by Crippen LogP contribution is 2.51. The fourth-order valence-electron chi connectivity index (χ4n) is 5.93. The lowest BCUT2D eigenvalue weighted by Gasteiger charge is -2.30. The van der Waals surface area contributed by atoms with E-state index in [9.17, 15) is 0 Å². The van der Waals surface area contributed by atoms with Crippen molar-refractivity contribution in [2.45, 2.75) is 33.9 Å². The molecule has 7 rings (SSSR count). The molecule has 0 saturated carbocycles. The van der Waals surface area contributed by atoms with Crippen LogP contribution in [-0.4, -0.2) is 0 Å². The van der Waals surface area contributed by atoms with Crippen molar-refractivity contribution in [2.75, 3.05) is 10.2 Å². The Kier molecular flexibility index (Phi) is 4.47. The molecule has 2 heterocycles. The van der Waals surface area contributed by atoms with Crippen molar-refractivity contribution in [1.82, 2.24) is 0 Å². The van der Waals surface area contributed by atoms with Gasteiger partial charge in [-0.15, -0.1) is 0 Å². The van der Waals surface area contributed by atoms with E-state index >= 15 is 0 Å². The molecule has 0 fully saturated rings. The summed E-state index contributed by atoms with van der Waals surface area (Å²) < 4.78 is 6.61. The Bertz CT molecular complexity index is 1810. The van der Waals surface area contributed by atoms with Gasteiger partial charge in [0.2, 0.25) is 0 Å². The number of aryl methyl sites for hydroxylation is 4. The molecule has 1 aromatic heterocycles. The maximum Gasteiger partial charge on any atom is 0.142 e. The lowest BCUT2D eigenvalue weighted by atomic mass is 10.0. The van der Waals surface area contributed by atoms with Crippen molar-refractivity contribution >= 4 is 49.8 Å². The van der Waals surface area contributed by atoms with E-state index < -0.39 is 0 Å². The first-order chi connectivity index (χ1) is 17.5. The lowest BCUT2D eigenvalue weighted by Crippen LogP contribution is -2.25. The average molecular weight is 469 g/mol. The van der Waals surface area contributed by atoms with Gasteiger partial charge in [-0.2, -0.15) is 0 Å². The molecule has 1 aliphatic heterocycles. The molecule has 1 unspecified atom stereocenters. The van der Waals surface area contributed by atoms with Gasteiger partial charge in [-0.3, -0.25) is 0 Å². The largest absolute Gasteiger partial charge is 0.456 e. The minimum atomic E-state index is -0.0960. The molecule has 1 atom stereocenters. The van der Waals surface area contributed by atoms with Crippen molar-refractivity contribution in [3.8, 4) is 0 Å². The summed E-state index contributed by atoms with van der Waals surface area (Å²) in [4.78, 5) is 2.47. The van der Waals surface area contributed by atoms with Gasteiger partial charge in [-0.1, -0.05) is 66.7 Å². The Hall–Kier alpha value is -4.24. The first kappa shape index (κ1) is 21.1. The number of benzene rings is 5. The predicted octanol–water partition coefficient (Wildman–Crippen LogP) is 9.24. The molecule has 6 aromatic rings. The number of hydrogen-bond acceptors (Lipinski definition) is 3. The number of hydrogen-bond donors (Lipinski definition) is 1. The second-order valence-corrected chi connectivity index (χ2v) is 10.2. The van der Waals surface area contributed by atoms with Crippen molar-refractivity contribution in [3.05, 3.63) is 113 Å². The summed E-state index contributed by atoms with van der Waals surface area (Å²) in [7, 11) is 0. The second kappa shape index (κ2) is 7.63. The monoisotopic (exact) mass is 468 g/mol. The molecule has 3 heteroatoms. The fourth-order valence-corrected chi connectivity index (χ4v) is 5.93. The maximum absolute atomic E-state index is 6.61. The van der Waals surface area contributed by atoms with Crippen molar-refractivity contribution in [2.24, 2.45) is 0 Å². The highest BCUT2D eigenvalue weighted by atomic mass is 16.3. The Morgan fingerprint density at radius 1 is 0.722 bits per heavy atom. The predicted molar refractivity (Wildman–Crippen MR) is 152 cm³/mol. The second-order valence-electron chi connectivity index (χ2n) is 10.2. The third-order valence-corrected chi connectivity index (χ3v) is 7.66. The number of anilines is 3. The van der Waals surface area contributed by atoms with E-state index in [1.807, 2.05) is 0 Å². The number of rotatable bonds is 2. The molecule has 36 heavy (non-hydrogen) atoms. The van der Waals surface area contributed by atoms with Crippen LogP contribution in [0, 0.1) is 27.7 Å². The van der Waals surface area contributed by atoms with E-state index in [0.717, 1.165) is 22.4 Å². The summed E-state index contributed by atoms with van der Waals surface area (Å²) in [5.74, 6) is 0. The highest BCUT2D eigenvalue weighted by Gasteiger charge is 2.35. The van der Waals surface area contributed by atoms with Crippen LogP contribution in [0.25, 0.3) is 32.7 Å². The molecule has 5 aromatic carbocycles. The van der Waals surface area contributed by atoms with Crippen LogP contribution >= 0.6 is 0 Å². The molecular weight excluding hydrogens is 440 g/mol. The Labute approximate surface area is 211 Å². The summed E-state index contributed by atoms with van der Waals surface area (Å²) in [6.45, 7) is 8.69. The first-order valence-corrected chi connectivity index (χ1v) is 12.6. The van der Waals surface area contributed by atoms with Gasteiger partial charge < -0.3 is 14.6 Å². The van der Waals surface area contributed by atoms with Gasteiger partial charge >= 0.3 is 0 Å². The maximum atomic E-state index is 6.61. The molecule has 0 spiro atoms. The van der Waals surface area contributed by atoms with Gasteiger partial charge in [0.05, 0.1) is 11.4 Å². The zero-order valence-corrected chi connectivity index (χ0v) is 21.0.